The van der Waals surface area contributed by atoms with Crippen LogP contribution in [-0.4, -0.2) is 62.9 Å². The Morgan fingerprint density at radius 2 is 2.18 bits per heavy atom. The predicted octanol–water partition coefficient (Wildman–Crippen LogP) is 0.794. The van der Waals surface area contributed by atoms with E-state index in [4.69, 9.17) is 14.5 Å². The molecule has 0 amide bonds. The van der Waals surface area contributed by atoms with E-state index in [9.17, 15) is 5.26 Å². The second-order valence-electron chi connectivity index (χ2n) is 5.70. The molecule has 1 saturated heterocycles. The molecule has 0 N–H and O–H groups in total. The van der Waals surface area contributed by atoms with Gasteiger partial charge in [0.25, 0.3) is 0 Å². The van der Waals surface area contributed by atoms with Crippen molar-refractivity contribution in [3.05, 3.63) is 22.9 Å². The number of methoxy groups -OCH3 is 1. The highest BCUT2D eigenvalue weighted by molar-refractivity contribution is 5.56. The number of rotatable bonds is 4. The van der Waals surface area contributed by atoms with Crippen LogP contribution in [0, 0.1) is 11.3 Å². The molecular weight excluding hydrogens is 280 g/mol. The minimum Gasteiger partial charge on any atom is -0.383 e. The van der Waals surface area contributed by atoms with Crippen molar-refractivity contribution >= 4 is 5.82 Å². The SMILES string of the molecule is COCCN1CCN(c2nc3c(cc2C#N)COCC3)CC1. The van der Waals surface area contributed by atoms with Crippen molar-refractivity contribution in [2.45, 2.75) is 13.0 Å². The molecule has 6 nitrogen and oxygen atoms in total. The molecule has 0 unspecified atom stereocenters. The highest BCUT2D eigenvalue weighted by atomic mass is 16.5. The molecule has 0 spiro atoms. The average molecular weight is 302 g/mol. The first-order valence-corrected chi connectivity index (χ1v) is 7.78. The largest absolute Gasteiger partial charge is 0.383 e. The topological polar surface area (TPSA) is 61.6 Å². The van der Waals surface area contributed by atoms with Crippen LogP contribution in [0.4, 0.5) is 5.82 Å². The third kappa shape index (κ3) is 3.22. The highest BCUT2D eigenvalue weighted by Crippen LogP contribution is 2.25. The van der Waals surface area contributed by atoms with Crippen molar-refractivity contribution in [1.29, 1.82) is 5.26 Å². The summed E-state index contributed by atoms with van der Waals surface area (Å²) >= 11 is 0. The maximum atomic E-state index is 9.43. The summed E-state index contributed by atoms with van der Waals surface area (Å²) in [4.78, 5) is 9.40. The molecule has 118 valence electrons. The number of hydrogen-bond acceptors (Lipinski definition) is 6. The second-order valence-corrected chi connectivity index (χ2v) is 5.70. The van der Waals surface area contributed by atoms with Crippen LogP contribution in [0.15, 0.2) is 6.07 Å². The number of fused-ring (bicyclic) bond motifs is 1. The van der Waals surface area contributed by atoms with Gasteiger partial charge in [-0.15, -0.1) is 0 Å². The van der Waals surface area contributed by atoms with Crippen molar-refractivity contribution in [2.24, 2.45) is 0 Å². The van der Waals surface area contributed by atoms with Gasteiger partial charge in [0.15, 0.2) is 0 Å². The Hall–Kier alpha value is -1.68. The fourth-order valence-electron chi connectivity index (χ4n) is 3.00. The lowest BCUT2D eigenvalue weighted by Gasteiger charge is -2.36. The molecule has 0 bridgehead atoms. The minimum absolute atomic E-state index is 0.572. The lowest BCUT2D eigenvalue weighted by atomic mass is 10.1. The van der Waals surface area contributed by atoms with Crippen LogP contribution in [0.5, 0.6) is 0 Å². The second kappa shape index (κ2) is 7.05. The van der Waals surface area contributed by atoms with E-state index in [0.717, 1.165) is 69.4 Å². The molecule has 1 fully saturated rings. The minimum atomic E-state index is 0.572. The summed E-state index contributed by atoms with van der Waals surface area (Å²) in [5.74, 6) is 0.842. The zero-order valence-electron chi connectivity index (χ0n) is 13.0. The van der Waals surface area contributed by atoms with E-state index in [1.54, 1.807) is 7.11 Å². The zero-order valence-corrected chi connectivity index (χ0v) is 13.0. The van der Waals surface area contributed by atoms with Gasteiger partial charge in [-0.05, 0) is 6.07 Å². The van der Waals surface area contributed by atoms with E-state index in [-0.39, 0.29) is 0 Å². The first-order chi connectivity index (χ1) is 10.8. The predicted molar refractivity (Wildman–Crippen MR) is 82.8 cm³/mol. The summed E-state index contributed by atoms with van der Waals surface area (Å²) < 4.78 is 10.6. The van der Waals surface area contributed by atoms with Crippen molar-refractivity contribution in [3.8, 4) is 6.07 Å². The summed E-state index contributed by atoms with van der Waals surface area (Å²) in [6.45, 7) is 6.79. The third-order valence-corrected chi connectivity index (χ3v) is 4.32. The van der Waals surface area contributed by atoms with Crippen LogP contribution in [0.1, 0.15) is 16.8 Å². The average Bonchev–Trinajstić information content (AvgIpc) is 2.59. The maximum Gasteiger partial charge on any atom is 0.146 e. The number of nitriles is 1. The van der Waals surface area contributed by atoms with Crippen molar-refractivity contribution in [2.75, 3.05) is 57.9 Å². The lowest BCUT2D eigenvalue weighted by Crippen LogP contribution is -2.47. The number of nitrogens with zero attached hydrogens (tertiary/aromatic N) is 4. The normalized spacial score (nSPS) is 18.8. The Morgan fingerprint density at radius 1 is 1.36 bits per heavy atom. The third-order valence-electron chi connectivity index (χ3n) is 4.32. The summed E-state index contributed by atoms with van der Waals surface area (Å²) in [7, 11) is 1.73. The molecule has 3 heterocycles. The number of piperazine rings is 1. The summed E-state index contributed by atoms with van der Waals surface area (Å²) in [6, 6.07) is 4.25. The summed E-state index contributed by atoms with van der Waals surface area (Å²) in [5.41, 5.74) is 2.81. The number of anilines is 1. The Morgan fingerprint density at radius 3 is 2.91 bits per heavy atom. The van der Waals surface area contributed by atoms with E-state index in [1.807, 2.05) is 6.07 Å². The van der Waals surface area contributed by atoms with Crippen LogP contribution < -0.4 is 4.90 Å². The fourth-order valence-corrected chi connectivity index (χ4v) is 3.00. The zero-order chi connectivity index (χ0) is 15.4. The van der Waals surface area contributed by atoms with Crippen LogP contribution in [0.25, 0.3) is 0 Å². The van der Waals surface area contributed by atoms with Gasteiger partial charge in [-0.25, -0.2) is 4.98 Å². The first-order valence-electron chi connectivity index (χ1n) is 7.78. The Kier molecular flexibility index (Phi) is 4.88. The molecule has 1 aromatic rings. The molecule has 3 rings (SSSR count). The summed E-state index contributed by atoms with van der Waals surface area (Å²) in [5, 5.41) is 9.43. The van der Waals surface area contributed by atoms with Crippen molar-refractivity contribution < 1.29 is 9.47 Å². The lowest BCUT2D eigenvalue weighted by molar-refractivity contribution is 0.109. The molecular formula is C16H22N4O2. The van der Waals surface area contributed by atoms with Gasteiger partial charge in [0.05, 0.1) is 31.1 Å². The van der Waals surface area contributed by atoms with E-state index in [0.29, 0.717) is 12.2 Å². The van der Waals surface area contributed by atoms with Gasteiger partial charge in [-0.3, -0.25) is 4.90 Å². The van der Waals surface area contributed by atoms with Crippen molar-refractivity contribution in [3.63, 3.8) is 0 Å². The van der Waals surface area contributed by atoms with Crippen LogP contribution in [0.2, 0.25) is 0 Å². The van der Waals surface area contributed by atoms with E-state index in [1.165, 1.54) is 0 Å². The van der Waals surface area contributed by atoms with Crippen molar-refractivity contribution in [1.82, 2.24) is 9.88 Å². The van der Waals surface area contributed by atoms with Crippen LogP contribution >= 0.6 is 0 Å². The molecule has 0 aliphatic carbocycles. The Bertz CT molecular complexity index is 562. The monoisotopic (exact) mass is 302 g/mol. The van der Waals surface area contributed by atoms with Crippen LogP contribution in [0.3, 0.4) is 0 Å². The first kappa shape index (κ1) is 15.2. The number of ether oxygens (including phenoxy) is 2. The van der Waals surface area contributed by atoms with Gasteiger partial charge in [0.1, 0.15) is 11.9 Å². The Labute approximate surface area is 131 Å². The molecule has 22 heavy (non-hydrogen) atoms. The molecule has 0 atom stereocenters. The maximum absolute atomic E-state index is 9.43. The standard InChI is InChI=1S/C16H22N4O2/c1-21-9-7-19-3-5-20(6-4-19)16-13(11-17)10-14-12-22-8-2-15(14)18-16/h10H,2-9,12H2,1H3. The Balaban J connectivity index is 1.73. The quantitative estimate of drug-likeness (QED) is 0.819. The van der Waals surface area contributed by atoms with Gasteiger partial charge < -0.3 is 14.4 Å². The molecule has 0 aromatic carbocycles. The number of aromatic nitrogens is 1. The van der Waals surface area contributed by atoms with Crippen LogP contribution in [-0.2, 0) is 22.5 Å². The molecule has 6 heteroatoms. The molecule has 0 radical (unpaired) electrons. The van der Waals surface area contributed by atoms with Gasteiger partial charge in [0, 0.05) is 51.8 Å². The summed E-state index contributed by atoms with van der Waals surface area (Å²) in [6.07, 6.45) is 0.835. The van der Waals surface area contributed by atoms with Gasteiger partial charge in [-0.1, -0.05) is 0 Å². The number of hydrogen-bond donors (Lipinski definition) is 0. The van der Waals surface area contributed by atoms with E-state index >= 15 is 0 Å². The molecule has 0 saturated carbocycles. The fraction of sp³-hybridized carbons (Fsp3) is 0.625. The van der Waals surface area contributed by atoms with Gasteiger partial charge in [-0.2, -0.15) is 5.26 Å². The highest BCUT2D eigenvalue weighted by Gasteiger charge is 2.22. The van der Waals surface area contributed by atoms with Gasteiger partial charge >= 0.3 is 0 Å². The number of pyridine rings is 1. The molecule has 1 aromatic heterocycles. The van der Waals surface area contributed by atoms with E-state index < -0.39 is 0 Å². The van der Waals surface area contributed by atoms with E-state index in [2.05, 4.69) is 15.9 Å². The molecule has 2 aliphatic rings. The molecule has 2 aliphatic heterocycles. The smallest absolute Gasteiger partial charge is 0.146 e. The van der Waals surface area contributed by atoms with Gasteiger partial charge in [0.2, 0.25) is 0 Å².